The molecule has 0 spiro atoms. The number of ether oxygens (including phenoxy) is 3. The van der Waals surface area contributed by atoms with E-state index >= 15 is 0 Å². The number of nitrogens with zero attached hydrogens (tertiary/aromatic N) is 1. The largest absolute Gasteiger partial charge is 0.493 e. The minimum atomic E-state index is -0.346. The average Bonchev–Trinajstić information content (AvgIpc) is 3.23. The van der Waals surface area contributed by atoms with Gasteiger partial charge >= 0.3 is 5.97 Å². The van der Waals surface area contributed by atoms with E-state index in [1.807, 2.05) is 43.3 Å². The topological polar surface area (TPSA) is 86.8 Å². The lowest BCUT2D eigenvalue weighted by atomic mass is 10.1. The van der Waals surface area contributed by atoms with Crippen molar-refractivity contribution in [2.75, 3.05) is 19.0 Å². The second-order valence-electron chi connectivity index (χ2n) is 7.07. The van der Waals surface area contributed by atoms with Gasteiger partial charge in [-0.15, -0.1) is 11.3 Å². The maximum atomic E-state index is 12.3. The average molecular weight is 467 g/mol. The molecule has 1 amide bonds. The van der Waals surface area contributed by atoms with Crippen molar-refractivity contribution in [3.8, 4) is 11.5 Å². The molecule has 8 heteroatoms. The van der Waals surface area contributed by atoms with Crippen LogP contribution in [0.25, 0.3) is 6.08 Å². The van der Waals surface area contributed by atoms with E-state index in [2.05, 4.69) is 10.3 Å². The molecule has 0 bridgehead atoms. The summed E-state index contributed by atoms with van der Waals surface area (Å²) < 4.78 is 16.3. The Hall–Kier alpha value is -3.65. The van der Waals surface area contributed by atoms with Gasteiger partial charge in [-0.3, -0.25) is 14.9 Å². The summed E-state index contributed by atoms with van der Waals surface area (Å²) >= 11 is 1.25. The Morgan fingerprint density at radius 1 is 1.15 bits per heavy atom. The Morgan fingerprint density at radius 2 is 1.97 bits per heavy atom. The molecular formula is C25H26N2O5S. The molecule has 1 heterocycles. The Morgan fingerprint density at radius 3 is 2.73 bits per heavy atom. The highest BCUT2D eigenvalue weighted by Crippen LogP contribution is 2.29. The highest BCUT2D eigenvalue weighted by Gasteiger charge is 2.10. The number of anilines is 1. The molecule has 3 rings (SSSR count). The van der Waals surface area contributed by atoms with Gasteiger partial charge in [0.05, 0.1) is 25.8 Å². The van der Waals surface area contributed by atoms with Crippen LogP contribution in [0.15, 0.2) is 53.9 Å². The number of aromatic nitrogens is 1. The van der Waals surface area contributed by atoms with Crippen LogP contribution >= 0.6 is 11.3 Å². The maximum Gasteiger partial charge on any atom is 0.311 e. The molecule has 0 atom stereocenters. The summed E-state index contributed by atoms with van der Waals surface area (Å²) in [4.78, 5) is 28.0. The monoisotopic (exact) mass is 466 g/mol. The highest BCUT2D eigenvalue weighted by atomic mass is 32.1. The Balaban J connectivity index is 1.58. The van der Waals surface area contributed by atoms with Crippen molar-refractivity contribution in [3.05, 3.63) is 76.3 Å². The van der Waals surface area contributed by atoms with Crippen LogP contribution < -0.4 is 14.8 Å². The standard InChI is InChI=1S/C25H26N2O5S/c1-4-31-24(29)14-20-16-33-25(26-20)27-23(28)12-10-18-9-11-21(22(13-18)30-3)32-15-19-8-6-5-7-17(19)2/h5-13,16H,4,14-15H2,1-3H3,(H,26,27,28)/b12-10+. The first-order chi connectivity index (χ1) is 16.0. The van der Waals surface area contributed by atoms with Crippen molar-refractivity contribution >= 4 is 34.4 Å². The molecule has 0 saturated heterocycles. The zero-order valence-electron chi connectivity index (χ0n) is 18.8. The van der Waals surface area contributed by atoms with Crippen molar-refractivity contribution in [2.24, 2.45) is 0 Å². The summed E-state index contributed by atoms with van der Waals surface area (Å²) in [5.41, 5.74) is 3.61. The van der Waals surface area contributed by atoms with Crippen molar-refractivity contribution in [1.29, 1.82) is 0 Å². The normalized spacial score (nSPS) is 10.8. The molecule has 2 aromatic carbocycles. The van der Waals surface area contributed by atoms with Gasteiger partial charge in [-0.25, -0.2) is 4.98 Å². The van der Waals surface area contributed by atoms with E-state index in [-0.39, 0.29) is 18.3 Å². The summed E-state index contributed by atoms with van der Waals surface area (Å²) in [5, 5.41) is 4.83. The molecule has 1 aromatic heterocycles. The first-order valence-corrected chi connectivity index (χ1v) is 11.3. The summed E-state index contributed by atoms with van der Waals surface area (Å²) in [6.45, 7) is 4.55. The lowest BCUT2D eigenvalue weighted by Gasteiger charge is -2.12. The van der Waals surface area contributed by atoms with Gasteiger partial charge in [0, 0.05) is 11.5 Å². The Bertz CT molecular complexity index is 1140. The zero-order chi connectivity index (χ0) is 23.6. The third-order valence-corrected chi connectivity index (χ3v) is 5.48. The summed E-state index contributed by atoms with van der Waals surface area (Å²) in [7, 11) is 1.58. The lowest BCUT2D eigenvalue weighted by molar-refractivity contribution is -0.142. The molecule has 0 aliphatic heterocycles. The molecule has 0 aliphatic carbocycles. The molecule has 33 heavy (non-hydrogen) atoms. The fraction of sp³-hybridized carbons (Fsp3) is 0.240. The van der Waals surface area contributed by atoms with Crippen LogP contribution in [0.1, 0.15) is 29.3 Å². The smallest absolute Gasteiger partial charge is 0.311 e. The SMILES string of the molecule is CCOC(=O)Cc1csc(NC(=O)/C=C/c2ccc(OCc3ccccc3C)c(OC)c2)n1. The van der Waals surface area contributed by atoms with Crippen LogP contribution in [-0.4, -0.2) is 30.6 Å². The second kappa shape index (κ2) is 11.8. The van der Waals surface area contributed by atoms with Crippen LogP contribution in [0.4, 0.5) is 5.13 Å². The van der Waals surface area contributed by atoms with E-state index in [1.54, 1.807) is 31.6 Å². The predicted molar refractivity (Wildman–Crippen MR) is 129 cm³/mol. The quantitative estimate of drug-likeness (QED) is 0.341. The minimum absolute atomic E-state index is 0.0775. The van der Waals surface area contributed by atoms with Crippen LogP contribution in [0.3, 0.4) is 0 Å². The van der Waals surface area contributed by atoms with Gasteiger partial charge in [0.1, 0.15) is 6.61 Å². The number of carbonyl (C=O) groups excluding carboxylic acids is 2. The Labute approximate surface area is 197 Å². The molecule has 0 radical (unpaired) electrons. The lowest BCUT2D eigenvalue weighted by Crippen LogP contribution is -2.09. The minimum Gasteiger partial charge on any atom is -0.493 e. The van der Waals surface area contributed by atoms with Crippen molar-refractivity contribution < 1.29 is 23.8 Å². The van der Waals surface area contributed by atoms with Gasteiger partial charge in [0.2, 0.25) is 5.91 Å². The predicted octanol–water partition coefficient (Wildman–Crippen LogP) is 4.80. The molecule has 172 valence electrons. The van der Waals surface area contributed by atoms with Crippen molar-refractivity contribution in [3.63, 3.8) is 0 Å². The number of esters is 1. The molecule has 0 unspecified atom stereocenters. The van der Waals surface area contributed by atoms with Gasteiger partial charge in [0.15, 0.2) is 16.6 Å². The summed E-state index contributed by atoms with van der Waals surface area (Å²) in [5.74, 6) is 0.528. The van der Waals surface area contributed by atoms with Crippen LogP contribution in [-0.2, 0) is 27.4 Å². The molecular weight excluding hydrogens is 440 g/mol. The van der Waals surface area contributed by atoms with Gasteiger partial charge < -0.3 is 14.2 Å². The molecule has 3 aromatic rings. The van der Waals surface area contributed by atoms with E-state index in [4.69, 9.17) is 14.2 Å². The molecule has 0 aliphatic rings. The molecule has 1 N–H and O–H groups in total. The van der Waals surface area contributed by atoms with Gasteiger partial charge in [-0.1, -0.05) is 30.3 Å². The first-order valence-electron chi connectivity index (χ1n) is 10.4. The van der Waals surface area contributed by atoms with Crippen molar-refractivity contribution in [1.82, 2.24) is 4.98 Å². The van der Waals surface area contributed by atoms with E-state index in [0.29, 0.717) is 35.5 Å². The number of carbonyl (C=O) groups is 2. The third kappa shape index (κ3) is 7.18. The third-order valence-electron chi connectivity index (χ3n) is 4.67. The molecule has 0 fully saturated rings. The number of methoxy groups -OCH3 is 1. The number of rotatable bonds is 10. The number of hydrogen-bond donors (Lipinski definition) is 1. The number of amides is 1. The van der Waals surface area contributed by atoms with Gasteiger partial charge in [-0.05, 0) is 48.7 Å². The van der Waals surface area contributed by atoms with E-state index < -0.39 is 0 Å². The van der Waals surface area contributed by atoms with Gasteiger partial charge in [-0.2, -0.15) is 0 Å². The van der Waals surface area contributed by atoms with E-state index in [1.165, 1.54) is 17.4 Å². The summed E-state index contributed by atoms with van der Waals surface area (Å²) in [6.07, 6.45) is 3.17. The molecule has 0 saturated carbocycles. The van der Waals surface area contributed by atoms with Crippen LogP contribution in [0.2, 0.25) is 0 Å². The first kappa shape index (κ1) is 24.0. The van der Waals surface area contributed by atoms with Crippen LogP contribution in [0, 0.1) is 6.92 Å². The maximum absolute atomic E-state index is 12.3. The number of hydrogen-bond acceptors (Lipinski definition) is 7. The Kier molecular flexibility index (Phi) is 8.60. The number of nitrogens with one attached hydrogen (secondary N) is 1. The van der Waals surface area contributed by atoms with Crippen LogP contribution in [0.5, 0.6) is 11.5 Å². The summed E-state index contributed by atoms with van der Waals surface area (Å²) in [6, 6.07) is 13.5. The zero-order valence-corrected chi connectivity index (χ0v) is 19.6. The number of thiazole rings is 1. The van der Waals surface area contributed by atoms with Crippen molar-refractivity contribution in [2.45, 2.75) is 26.9 Å². The number of aryl methyl sites for hydroxylation is 1. The molecule has 7 nitrogen and oxygen atoms in total. The van der Waals surface area contributed by atoms with Gasteiger partial charge in [0.25, 0.3) is 0 Å². The second-order valence-corrected chi connectivity index (χ2v) is 7.93. The van der Waals surface area contributed by atoms with E-state index in [9.17, 15) is 9.59 Å². The number of benzene rings is 2. The fourth-order valence-electron chi connectivity index (χ4n) is 2.96. The highest BCUT2D eigenvalue weighted by molar-refractivity contribution is 7.14. The fourth-order valence-corrected chi connectivity index (χ4v) is 3.67. The van der Waals surface area contributed by atoms with E-state index in [0.717, 1.165) is 16.7 Å².